The predicted molar refractivity (Wildman–Crippen MR) is 235 cm³/mol. The summed E-state index contributed by atoms with van der Waals surface area (Å²) in [5, 5.41) is 0. The minimum Gasteiger partial charge on any atom is -0.299 e. The smallest absolute Gasteiger partial charge is 0.141 e. The molecule has 6 aromatic rings. The highest BCUT2D eigenvalue weighted by Gasteiger charge is 2.09. The molecule has 0 saturated heterocycles. The van der Waals surface area contributed by atoms with Gasteiger partial charge in [-0.25, -0.2) is 0 Å². The van der Waals surface area contributed by atoms with Crippen LogP contribution in [0.5, 0.6) is 0 Å². The summed E-state index contributed by atoms with van der Waals surface area (Å²) in [4.78, 5) is 37.4. The SMILES string of the molecule is C#Cc1ccc(CC(=O)Cc2ccccc2C)cc1.CSc1cccc(CC(=O)Cc2ccccc2C)c1.Cc1ccc(CC(=O)Cc2ccccc2C)cc1. The molecule has 0 heterocycles. The van der Waals surface area contributed by atoms with Crippen molar-refractivity contribution in [2.75, 3.05) is 6.26 Å². The summed E-state index contributed by atoms with van der Waals surface area (Å²) in [6.07, 6.45) is 10.4. The van der Waals surface area contributed by atoms with E-state index in [-0.39, 0.29) is 17.3 Å². The number of terminal acetylenes is 1. The third kappa shape index (κ3) is 14.8. The maximum absolute atomic E-state index is 12.1. The lowest BCUT2D eigenvalue weighted by Crippen LogP contribution is -2.07. The Kier molecular flexibility index (Phi) is 17.3. The van der Waals surface area contributed by atoms with E-state index in [4.69, 9.17) is 6.42 Å². The maximum Gasteiger partial charge on any atom is 0.141 e. The molecule has 0 aliphatic rings. The van der Waals surface area contributed by atoms with Gasteiger partial charge in [0.25, 0.3) is 0 Å². The summed E-state index contributed by atoms with van der Waals surface area (Å²) >= 11 is 1.71. The molecule has 0 radical (unpaired) electrons. The molecule has 284 valence electrons. The van der Waals surface area contributed by atoms with Gasteiger partial charge in [0.05, 0.1) is 0 Å². The number of ketones is 3. The van der Waals surface area contributed by atoms with Gasteiger partial charge in [-0.05, 0) is 108 Å². The molecular weight excluding hydrogens is 705 g/mol. The Bertz CT molecular complexity index is 2240. The van der Waals surface area contributed by atoms with Crippen molar-refractivity contribution in [3.8, 4) is 12.3 Å². The first-order chi connectivity index (χ1) is 27.0. The molecule has 0 aliphatic carbocycles. The molecule has 0 aliphatic heterocycles. The summed E-state index contributed by atoms with van der Waals surface area (Å²) in [6.45, 7) is 8.19. The molecule has 4 heteroatoms. The maximum atomic E-state index is 12.1. The highest BCUT2D eigenvalue weighted by molar-refractivity contribution is 7.98. The van der Waals surface area contributed by atoms with Crippen molar-refractivity contribution in [1.82, 2.24) is 0 Å². The minimum atomic E-state index is 0.225. The summed E-state index contributed by atoms with van der Waals surface area (Å²) in [5.74, 6) is 3.34. The molecule has 0 spiro atoms. The lowest BCUT2D eigenvalue weighted by atomic mass is 9.99. The normalized spacial score (nSPS) is 10.2. The molecule has 0 unspecified atom stereocenters. The van der Waals surface area contributed by atoms with E-state index in [2.05, 4.69) is 63.1 Å². The van der Waals surface area contributed by atoms with Crippen molar-refractivity contribution in [2.45, 2.75) is 71.1 Å². The first kappa shape index (κ1) is 43.0. The van der Waals surface area contributed by atoms with Crippen LogP contribution in [0.4, 0.5) is 0 Å². The van der Waals surface area contributed by atoms with Crippen LogP contribution in [0.2, 0.25) is 0 Å². The molecule has 56 heavy (non-hydrogen) atoms. The van der Waals surface area contributed by atoms with Crippen molar-refractivity contribution < 1.29 is 14.4 Å². The number of thioether (sulfide) groups is 1. The zero-order valence-electron chi connectivity index (χ0n) is 33.3. The third-order valence-electron chi connectivity index (χ3n) is 9.53. The largest absolute Gasteiger partial charge is 0.299 e. The zero-order chi connectivity index (χ0) is 40.3. The van der Waals surface area contributed by atoms with Gasteiger partial charge >= 0.3 is 0 Å². The van der Waals surface area contributed by atoms with Crippen LogP contribution in [0.25, 0.3) is 0 Å². The number of carbonyl (C=O) groups excluding carboxylic acids is 3. The van der Waals surface area contributed by atoms with E-state index in [1.165, 1.54) is 27.1 Å². The quantitative estimate of drug-likeness (QED) is 0.0870. The van der Waals surface area contributed by atoms with E-state index >= 15 is 0 Å². The fraction of sp³-hybridized carbons (Fsp3) is 0.212. The van der Waals surface area contributed by atoms with Crippen LogP contribution in [0.15, 0.2) is 150 Å². The topological polar surface area (TPSA) is 51.2 Å². The lowest BCUT2D eigenvalue weighted by Gasteiger charge is -2.06. The summed E-state index contributed by atoms with van der Waals surface area (Å²) < 4.78 is 0. The van der Waals surface area contributed by atoms with Gasteiger partial charge in [-0.1, -0.05) is 133 Å². The Morgan fingerprint density at radius 2 is 0.857 bits per heavy atom. The predicted octanol–water partition coefficient (Wildman–Crippen LogP) is 11.1. The van der Waals surface area contributed by atoms with Gasteiger partial charge in [0.1, 0.15) is 17.3 Å². The van der Waals surface area contributed by atoms with Crippen LogP contribution >= 0.6 is 11.8 Å². The van der Waals surface area contributed by atoms with E-state index in [0.717, 1.165) is 38.9 Å². The first-order valence-electron chi connectivity index (χ1n) is 19.0. The molecule has 0 N–H and O–H groups in total. The molecule has 0 atom stereocenters. The minimum absolute atomic E-state index is 0.225. The molecule has 0 aromatic heterocycles. The molecule has 0 fully saturated rings. The zero-order valence-corrected chi connectivity index (χ0v) is 34.1. The second kappa shape index (κ2) is 22.6. The second-order valence-corrected chi connectivity index (χ2v) is 15.0. The number of benzene rings is 6. The van der Waals surface area contributed by atoms with E-state index in [1.54, 1.807) is 11.8 Å². The van der Waals surface area contributed by atoms with Crippen LogP contribution in [0.3, 0.4) is 0 Å². The fourth-order valence-corrected chi connectivity index (χ4v) is 6.62. The van der Waals surface area contributed by atoms with E-state index < -0.39 is 0 Å². The van der Waals surface area contributed by atoms with Crippen LogP contribution in [-0.4, -0.2) is 23.6 Å². The van der Waals surface area contributed by atoms with Crippen molar-refractivity contribution in [2.24, 2.45) is 0 Å². The summed E-state index contributed by atoms with van der Waals surface area (Å²) in [7, 11) is 0. The summed E-state index contributed by atoms with van der Waals surface area (Å²) in [5.41, 5.74) is 12.2. The van der Waals surface area contributed by atoms with Crippen molar-refractivity contribution in [3.05, 3.63) is 207 Å². The van der Waals surface area contributed by atoms with Crippen molar-refractivity contribution >= 4 is 29.1 Å². The number of hydrogen-bond acceptors (Lipinski definition) is 4. The van der Waals surface area contributed by atoms with Crippen molar-refractivity contribution in [3.63, 3.8) is 0 Å². The number of hydrogen-bond donors (Lipinski definition) is 0. The fourth-order valence-electron chi connectivity index (χ4n) is 6.14. The monoisotopic (exact) mass is 756 g/mol. The van der Waals surface area contributed by atoms with Gasteiger partial charge in [0.15, 0.2) is 0 Å². The highest BCUT2D eigenvalue weighted by atomic mass is 32.2. The number of aryl methyl sites for hydroxylation is 4. The lowest BCUT2D eigenvalue weighted by molar-refractivity contribution is -0.118. The standard InChI is InChI=1S/C18H16O.C17H18OS.C17H18O/c1-3-15-8-10-16(11-9-15)12-18(19)13-17-7-5-4-6-14(17)2;1-13-6-3-4-8-15(13)12-16(18)10-14-7-5-9-17(11-14)19-2;1-13-7-9-15(10-8-13)11-17(18)12-16-6-4-3-5-14(16)2/h1,4-11H,12-13H2,2H3;3-9,11H,10,12H2,1-2H3;3-10H,11-12H2,1-2H3. The first-order valence-corrected chi connectivity index (χ1v) is 20.2. The number of carbonyl (C=O) groups is 3. The van der Waals surface area contributed by atoms with Crippen LogP contribution in [0, 0.1) is 40.0 Å². The Balaban J connectivity index is 0.000000187. The average Bonchev–Trinajstić information content (AvgIpc) is 3.19. The Morgan fingerprint density at radius 3 is 1.25 bits per heavy atom. The number of Topliss-reactive ketones (excluding diaryl/α,β-unsaturated/α-hetero) is 3. The van der Waals surface area contributed by atoms with Gasteiger partial charge in [0, 0.05) is 49.0 Å². The Hall–Kier alpha value is -5.76. The molecule has 0 amide bonds. The third-order valence-corrected chi connectivity index (χ3v) is 10.3. The van der Waals surface area contributed by atoms with E-state index in [9.17, 15) is 14.4 Å². The highest BCUT2D eigenvalue weighted by Crippen LogP contribution is 2.18. The molecule has 6 rings (SSSR count). The molecule has 0 bridgehead atoms. The van der Waals surface area contributed by atoms with Crippen LogP contribution in [-0.2, 0) is 52.9 Å². The van der Waals surface area contributed by atoms with Gasteiger partial charge < -0.3 is 0 Å². The Morgan fingerprint density at radius 1 is 0.464 bits per heavy atom. The van der Waals surface area contributed by atoms with Crippen molar-refractivity contribution in [1.29, 1.82) is 0 Å². The van der Waals surface area contributed by atoms with Crippen LogP contribution in [0.1, 0.15) is 61.2 Å². The van der Waals surface area contributed by atoms with Gasteiger partial charge in [-0.2, -0.15) is 0 Å². The van der Waals surface area contributed by atoms with Gasteiger partial charge in [-0.15, -0.1) is 18.2 Å². The van der Waals surface area contributed by atoms with E-state index in [1.807, 2.05) is 122 Å². The second-order valence-electron chi connectivity index (χ2n) is 14.1. The van der Waals surface area contributed by atoms with E-state index in [0.29, 0.717) is 38.5 Å². The molecule has 3 nitrogen and oxygen atoms in total. The van der Waals surface area contributed by atoms with Gasteiger partial charge in [0.2, 0.25) is 0 Å². The molecule has 0 saturated carbocycles. The van der Waals surface area contributed by atoms with Crippen LogP contribution < -0.4 is 0 Å². The summed E-state index contributed by atoms with van der Waals surface area (Å²) in [6, 6.07) is 48.1. The Labute approximate surface area is 338 Å². The van der Waals surface area contributed by atoms with Gasteiger partial charge in [-0.3, -0.25) is 14.4 Å². The molecule has 6 aromatic carbocycles. The number of rotatable bonds is 13. The average molecular weight is 757 g/mol. The molecular formula is C52H52O3S.